The number of benzene rings is 2. The van der Waals surface area contributed by atoms with Gasteiger partial charge in [0.25, 0.3) is 5.91 Å². The molecule has 164 valence electrons. The summed E-state index contributed by atoms with van der Waals surface area (Å²) in [4.78, 5) is 19.2. The van der Waals surface area contributed by atoms with Crippen LogP contribution in [0.15, 0.2) is 73.1 Å². The van der Waals surface area contributed by atoms with Gasteiger partial charge in [-0.1, -0.05) is 24.3 Å². The number of aromatic nitrogens is 1. The van der Waals surface area contributed by atoms with Gasteiger partial charge in [-0.05, 0) is 85.8 Å². The Kier molecular flexibility index (Phi) is 5.91. The summed E-state index contributed by atoms with van der Waals surface area (Å²) >= 11 is 0. The fourth-order valence-electron chi connectivity index (χ4n) is 5.02. The smallest absolute Gasteiger partial charge is 0.251 e. The molecule has 2 bridgehead atoms. The molecule has 0 spiro atoms. The minimum Gasteiger partial charge on any atom is -0.490 e. The van der Waals surface area contributed by atoms with Crippen molar-refractivity contribution in [3.63, 3.8) is 0 Å². The molecule has 1 amide bonds. The molecule has 2 atom stereocenters. The van der Waals surface area contributed by atoms with Crippen LogP contribution in [0.4, 0.5) is 0 Å². The SMILES string of the molecule is CN1C2CCC1CC(Oc1cccc(CNC(=O)c3ccc(-c4ccncc4)cc3)c1)C2. The van der Waals surface area contributed by atoms with Crippen molar-refractivity contribution in [2.45, 2.75) is 50.4 Å². The second-order valence-corrected chi connectivity index (χ2v) is 8.91. The topological polar surface area (TPSA) is 54.5 Å². The van der Waals surface area contributed by atoms with Crippen molar-refractivity contribution < 1.29 is 9.53 Å². The molecule has 3 heterocycles. The van der Waals surface area contributed by atoms with E-state index in [1.165, 1.54) is 12.8 Å². The van der Waals surface area contributed by atoms with E-state index in [9.17, 15) is 4.79 Å². The maximum absolute atomic E-state index is 12.6. The van der Waals surface area contributed by atoms with E-state index in [4.69, 9.17) is 4.74 Å². The Bertz CT molecular complexity index is 1050. The second-order valence-electron chi connectivity index (χ2n) is 8.91. The second kappa shape index (κ2) is 9.13. The first-order valence-corrected chi connectivity index (χ1v) is 11.4. The fourth-order valence-corrected chi connectivity index (χ4v) is 5.02. The highest BCUT2D eigenvalue weighted by Crippen LogP contribution is 2.36. The number of pyridine rings is 1. The zero-order chi connectivity index (χ0) is 21.9. The minimum absolute atomic E-state index is 0.0792. The van der Waals surface area contributed by atoms with Gasteiger partial charge >= 0.3 is 0 Å². The first-order valence-electron chi connectivity index (χ1n) is 11.4. The number of hydrogen-bond donors (Lipinski definition) is 1. The molecular formula is C27H29N3O2. The molecule has 1 N–H and O–H groups in total. The lowest BCUT2D eigenvalue weighted by molar-refractivity contribution is 0.0661. The van der Waals surface area contributed by atoms with Gasteiger partial charge in [0.2, 0.25) is 0 Å². The third-order valence-corrected chi connectivity index (χ3v) is 6.87. The first-order chi connectivity index (χ1) is 15.7. The zero-order valence-electron chi connectivity index (χ0n) is 18.4. The van der Waals surface area contributed by atoms with Gasteiger partial charge in [0.1, 0.15) is 11.9 Å². The normalized spacial score (nSPS) is 22.5. The van der Waals surface area contributed by atoms with E-state index in [-0.39, 0.29) is 12.0 Å². The average molecular weight is 428 g/mol. The van der Waals surface area contributed by atoms with E-state index in [0.717, 1.165) is 35.3 Å². The van der Waals surface area contributed by atoms with Crippen LogP contribution in [0.3, 0.4) is 0 Å². The van der Waals surface area contributed by atoms with Crippen LogP contribution in [0.2, 0.25) is 0 Å². The fraction of sp³-hybridized carbons (Fsp3) is 0.333. The van der Waals surface area contributed by atoms with Crippen molar-refractivity contribution in [1.82, 2.24) is 15.2 Å². The molecule has 2 fully saturated rings. The number of carbonyl (C=O) groups is 1. The van der Waals surface area contributed by atoms with Gasteiger partial charge in [0.15, 0.2) is 0 Å². The number of ether oxygens (including phenoxy) is 1. The highest BCUT2D eigenvalue weighted by atomic mass is 16.5. The summed E-state index contributed by atoms with van der Waals surface area (Å²) in [6.45, 7) is 0.473. The Hall–Kier alpha value is -3.18. The number of rotatable bonds is 6. The molecule has 0 aliphatic carbocycles. The maximum Gasteiger partial charge on any atom is 0.251 e. The molecule has 3 aromatic rings. The summed E-state index contributed by atoms with van der Waals surface area (Å²) in [5, 5.41) is 3.02. The molecular weight excluding hydrogens is 398 g/mol. The van der Waals surface area contributed by atoms with Crippen LogP contribution in [0.25, 0.3) is 11.1 Å². The van der Waals surface area contributed by atoms with Gasteiger partial charge in [0.05, 0.1) is 0 Å². The van der Waals surface area contributed by atoms with Gasteiger partial charge in [-0.15, -0.1) is 0 Å². The predicted octanol–water partition coefficient (Wildman–Crippen LogP) is 4.68. The summed E-state index contributed by atoms with van der Waals surface area (Å²) in [5.74, 6) is 0.817. The van der Waals surface area contributed by atoms with Crippen molar-refractivity contribution >= 4 is 5.91 Å². The molecule has 32 heavy (non-hydrogen) atoms. The first kappa shape index (κ1) is 20.7. The largest absolute Gasteiger partial charge is 0.490 e. The number of carbonyl (C=O) groups excluding carboxylic acids is 1. The summed E-state index contributed by atoms with van der Waals surface area (Å²) in [5.41, 5.74) is 3.84. The molecule has 5 heteroatoms. The standard InChI is InChI=1S/C27H29N3O2/c1-30-23-9-10-24(30)17-26(16-23)32-25-4-2-3-19(15-25)18-29-27(31)22-7-5-20(6-8-22)21-11-13-28-14-12-21/h2-8,11-15,23-24,26H,9-10,16-18H2,1H3,(H,29,31). The predicted molar refractivity (Wildman–Crippen MR) is 126 cm³/mol. The molecule has 5 rings (SSSR count). The van der Waals surface area contributed by atoms with Crippen LogP contribution in [0.1, 0.15) is 41.6 Å². The van der Waals surface area contributed by atoms with Crippen LogP contribution in [-0.4, -0.2) is 41.0 Å². The van der Waals surface area contributed by atoms with Crippen LogP contribution < -0.4 is 10.1 Å². The molecule has 2 saturated heterocycles. The summed E-state index contributed by atoms with van der Waals surface area (Å²) in [7, 11) is 2.24. The van der Waals surface area contributed by atoms with Crippen LogP contribution in [0, 0.1) is 0 Å². The Morgan fingerprint density at radius 1 is 1.00 bits per heavy atom. The number of nitrogens with one attached hydrogen (secondary N) is 1. The Labute approximate surface area is 189 Å². The van der Waals surface area contributed by atoms with E-state index in [1.807, 2.05) is 60.7 Å². The van der Waals surface area contributed by atoms with Gasteiger partial charge in [-0.3, -0.25) is 9.78 Å². The van der Waals surface area contributed by atoms with E-state index in [2.05, 4.69) is 22.2 Å². The van der Waals surface area contributed by atoms with Gasteiger partial charge in [-0.25, -0.2) is 0 Å². The lowest BCUT2D eigenvalue weighted by atomic mass is 10.0. The van der Waals surface area contributed by atoms with Crippen molar-refractivity contribution in [3.05, 3.63) is 84.2 Å². The van der Waals surface area contributed by atoms with Crippen molar-refractivity contribution in [3.8, 4) is 16.9 Å². The molecule has 2 unspecified atom stereocenters. The van der Waals surface area contributed by atoms with E-state index < -0.39 is 0 Å². The third kappa shape index (κ3) is 4.53. The summed E-state index contributed by atoms with van der Waals surface area (Å²) in [6, 6.07) is 21.0. The summed E-state index contributed by atoms with van der Waals surface area (Å²) < 4.78 is 6.33. The number of piperidine rings is 1. The van der Waals surface area contributed by atoms with Gasteiger partial charge in [0, 0.05) is 36.6 Å². The molecule has 2 aromatic carbocycles. The Morgan fingerprint density at radius 3 is 2.41 bits per heavy atom. The molecule has 2 aliphatic heterocycles. The van der Waals surface area contributed by atoms with Crippen molar-refractivity contribution in [1.29, 1.82) is 0 Å². The van der Waals surface area contributed by atoms with Crippen LogP contribution >= 0.6 is 0 Å². The molecule has 0 radical (unpaired) electrons. The highest BCUT2D eigenvalue weighted by molar-refractivity contribution is 5.94. The third-order valence-electron chi connectivity index (χ3n) is 6.87. The number of hydrogen-bond acceptors (Lipinski definition) is 4. The number of fused-ring (bicyclic) bond motifs is 2. The minimum atomic E-state index is -0.0792. The van der Waals surface area contributed by atoms with Crippen LogP contribution in [0.5, 0.6) is 5.75 Å². The van der Waals surface area contributed by atoms with Gasteiger partial charge in [-0.2, -0.15) is 0 Å². The lowest BCUT2D eigenvalue weighted by Gasteiger charge is -2.36. The Balaban J connectivity index is 1.17. The molecule has 2 aliphatic rings. The highest BCUT2D eigenvalue weighted by Gasteiger charge is 2.39. The van der Waals surface area contributed by atoms with E-state index >= 15 is 0 Å². The quantitative estimate of drug-likeness (QED) is 0.621. The zero-order valence-corrected chi connectivity index (χ0v) is 18.4. The van der Waals surface area contributed by atoms with E-state index in [1.54, 1.807) is 12.4 Å². The van der Waals surface area contributed by atoms with E-state index in [0.29, 0.717) is 24.2 Å². The Morgan fingerprint density at radius 2 is 1.69 bits per heavy atom. The average Bonchev–Trinajstić information content (AvgIpc) is 3.04. The summed E-state index contributed by atoms with van der Waals surface area (Å²) in [6.07, 6.45) is 8.60. The van der Waals surface area contributed by atoms with Gasteiger partial charge < -0.3 is 15.0 Å². The van der Waals surface area contributed by atoms with Crippen LogP contribution in [-0.2, 0) is 6.54 Å². The monoisotopic (exact) mass is 427 g/mol. The lowest BCUT2D eigenvalue weighted by Crippen LogP contribution is -2.43. The van der Waals surface area contributed by atoms with Crippen molar-refractivity contribution in [2.24, 2.45) is 0 Å². The number of amides is 1. The molecule has 0 saturated carbocycles. The van der Waals surface area contributed by atoms with Crippen molar-refractivity contribution in [2.75, 3.05) is 7.05 Å². The number of nitrogens with zero attached hydrogens (tertiary/aromatic N) is 2. The maximum atomic E-state index is 12.6. The molecule has 5 nitrogen and oxygen atoms in total. The molecule has 1 aromatic heterocycles.